The fourth-order valence-electron chi connectivity index (χ4n) is 4.19. The molecule has 7 nitrogen and oxygen atoms in total. The van der Waals surface area contributed by atoms with Crippen LogP contribution in [0.15, 0.2) is 55.1 Å². The number of fused-ring (bicyclic) bond motifs is 1. The van der Waals surface area contributed by atoms with Crippen LogP contribution in [0.1, 0.15) is 11.1 Å². The number of benzene rings is 2. The molecule has 0 spiro atoms. The van der Waals surface area contributed by atoms with Gasteiger partial charge in [-0.25, -0.2) is 15.0 Å². The summed E-state index contributed by atoms with van der Waals surface area (Å²) < 4.78 is 1.93. The predicted molar refractivity (Wildman–Crippen MR) is 121 cm³/mol. The lowest BCUT2D eigenvalue weighted by Crippen LogP contribution is -2.47. The average molecular weight is 400 g/mol. The number of hydrogen-bond acceptors (Lipinski definition) is 6. The highest BCUT2D eigenvalue weighted by Crippen LogP contribution is 2.30. The zero-order valence-corrected chi connectivity index (χ0v) is 17.3. The van der Waals surface area contributed by atoms with E-state index in [0.717, 1.165) is 43.0 Å². The highest BCUT2D eigenvalue weighted by atomic mass is 15.3. The molecule has 152 valence electrons. The van der Waals surface area contributed by atoms with Gasteiger partial charge in [0.25, 0.3) is 0 Å². The van der Waals surface area contributed by atoms with Gasteiger partial charge in [-0.05, 0) is 43.2 Å². The van der Waals surface area contributed by atoms with E-state index in [1.165, 1.54) is 16.8 Å². The van der Waals surface area contributed by atoms with Crippen molar-refractivity contribution in [3.05, 3.63) is 66.2 Å². The SMILES string of the molecule is Cc1cccc(N2CCN(c3ncnc(-n4cnc5ccccc54)c3N)CC2)c1C. The van der Waals surface area contributed by atoms with Crippen LogP contribution in [0.3, 0.4) is 0 Å². The monoisotopic (exact) mass is 399 g/mol. The zero-order chi connectivity index (χ0) is 20.7. The largest absolute Gasteiger partial charge is 0.393 e. The summed E-state index contributed by atoms with van der Waals surface area (Å²) in [6.45, 7) is 7.94. The van der Waals surface area contributed by atoms with Crippen molar-refractivity contribution in [2.24, 2.45) is 0 Å². The van der Waals surface area contributed by atoms with Crippen molar-refractivity contribution in [1.29, 1.82) is 0 Å². The summed E-state index contributed by atoms with van der Waals surface area (Å²) in [6.07, 6.45) is 3.36. The van der Waals surface area contributed by atoms with Crippen molar-refractivity contribution in [2.45, 2.75) is 13.8 Å². The molecule has 3 heterocycles. The van der Waals surface area contributed by atoms with Gasteiger partial charge in [0.05, 0.1) is 11.0 Å². The van der Waals surface area contributed by atoms with Gasteiger partial charge in [0.2, 0.25) is 0 Å². The molecule has 0 saturated carbocycles. The second-order valence-electron chi connectivity index (χ2n) is 7.73. The van der Waals surface area contributed by atoms with Crippen LogP contribution in [0.4, 0.5) is 17.2 Å². The number of nitrogens with two attached hydrogens (primary N) is 1. The van der Waals surface area contributed by atoms with Crippen molar-refractivity contribution in [3.8, 4) is 5.82 Å². The van der Waals surface area contributed by atoms with Gasteiger partial charge >= 0.3 is 0 Å². The summed E-state index contributed by atoms with van der Waals surface area (Å²) in [6, 6.07) is 14.5. The summed E-state index contributed by atoms with van der Waals surface area (Å²) in [5, 5.41) is 0. The van der Waals surface area contributed by atoms with Gasteiger partial charge in [-0.3, -0.25) is 4.57 Å². The Hall–Kier alpha value is -3.61. The quantitative estimate of drug-likeness (QED) is 0.569. The molecule has 0 bridgehead atoms. The van der Waals surface area contributed by atoms with Crippen LogP contribution >= 0.6 is 0 Å². The Balaban J connectivity index is 1.41. The minimum Gasteiger partial charge on any atom is -0.393 e. The third kappa shape index (κ3) is 3.03. The molecular formula is C23H25N7. The Kier molecular flexibility index (Phi) is 4.50. The van der Waals surface area contributed by atoms with Gasteiger partial charge in [0.15, 0.2) is 11.6 Å². The number of para-hydroxylation sites is 2. The second kappa shape index (κ2) is 7.33. The van der Waals surface area contributed by atoms with E-state index in [4.69, 9.17) is 5.73 Å². The van der Waals surface area contributed by atoms with E-state index in [0.29, 0.717) is 11.5 Å². The fourth-order valence-corrected chi connectivity index (χ4v) is 4.19. The molecule has 1 aliphatic rings. The van der Waals surface area contributed by atoms with Crippen LogP contribution in [0, 0.1) is 13.8 Å². The van der Waals surface area contributed by atoms with Crippen LogP contribution in [-0.4, -0.2) is 45.7 Å². The molecule has 1 fully saturated rings. The lowest BCUT2D eigenvalue weighted by molar-refractivity contribution is 0.646. The van der Waals surface area contributed by atoms with E-state index in [9.17, 15) is 0 Å². The molecule has 0 aliphatic carbocycles. The zero-order valence-electron chi connectivity index (χ0n) is 17.3. The van der Waals surface area contributed by atoms with E-state index in [2.05, 4.69) is 56.8 Å². The van der Waals surface area contributed by atoms with Gasteiger partial charge in [0.1, 0.15) is 18.3 Å². The first-order valence-corrected chi connectivity index (χ1v) is 10.2. The number of nitrogens with zero attached hydrogens (tertiary/aromatic N) is 6. The van der Waals surface area contributed by atoms with Crippen LogP contribution in [0.5, 0.6) is 0 Å². The van der Waals surface area contributed by atoms with Gasteiger partial charge in [-0.2, -0.15) is 0 Å². The molecule has 0 radical (unpaired) electrons. The van der Waals surface area contributed by atoms with Crippen molar-refractivity contribution >= 4 is 28.2 Å². The van der Waals surface area contributed by atoms with Crippen LogP contribution in [0.25, 0.3) is 16.9 Å². The number of aryl methyl sites for hydroxylation is 1. The molecular weight excluding hydrogens is 374 g/mol. The molecule has 1 aliphatic heterocycles. The van der Waals surface area contributed by atoms with E-state index in [-0.39, 0.29) is 0 Å². The molecule has 2 N–H and O–H groups in total. The Morgan fingerprint density at radius 1 is 0.800 bits per heavy atom. The molecule has 2 aromatic carbocycles. The molecule has 7 heteroatoms. The molecule has 4 aromatic rings. The lowest BCUT2D eigenvalue weighted by Gasteiger charge is -2.38. The maximum absolute atomic E-state index is 6.56. The molecule has 2 aromatic heterocycles. The number of anilines is 3. The molecule has 0 amide bonds. The smallest absolute Gasteiger partial charge is 0.167 e. The normalized spacial score (nSPS) is 14.5. The third-order valence-corrected chi connectivity index (χ3v) is 6.02. The fraction of sp³-hybridized carbons (Fsp3) is 0.261. The first-order valence-electron chi connectivity index (χ1n) is 10.2. The lowest BCUT2D eigenvalue weighted by atomic mass is 10.1. The highest BCUT2D eigenvalue weighted by molar-refractivity contribution is 5.80. The summed E-state index contributed by atoms with van der Waals surface area (Å²) in [5.41, 5.74) is 13.0. The van der Waals surface area contributed by atoms with Gasteiger partial charge in [-0.1, -0.05) is 24.3 Å². The summed E-state index contributed by atoms with van der Waals surface area (Å²) in [7, 11) is 0. The molecule has 0 atom stereocenters. The number of piperazine rings is 1. The Bertz CT molecular complexity index is 1210. The topological polar surface area (TPSA) is 76.1 Å². The van der Waals surface area contributed by atoms with Crippen molar-refractivity contribution < 1.29 is 0 Å². The molecule has 30 heavy (non-hydrogen) atoms. The van der Waals surface area contributed by atoms with Crippen LogP contribution in [0.2, 0.25) is 0 Å². The second-order valence-corrected chi connectivity index (χ2v) is 7.73. The van der Waals surface area contributed by atoms with Gasteiger partial charge in [0, 0.05) is 31.9 Å². The molecule has 1 saturated heterocycles. The maximum Gasteiger partial charge on any atom is 0.167 e. The molecule has 5 rings (SSSR count). The first-order chi connectivity index (χ1) is 14.6. The Labute approximate surface area is 175 Å². The minimum absolute atomic E-state index is 0.584. The van der Waals surface area contributed by atoms with Crippen molar-refractivity contribution in [3.63, 3.8) is 0 Å². The number of aromatic nitrogens is 4. The summed E-state index contributed by atoms with van der Waals surface area (Å²) >= 11 is 0. The molecule has 0 unspecified atom stereocenters. The maximum atomic E-state index is 6.56. The highest BCUT2D eigenvalue weighted by Gasteiger charge is 2.23. The number of imidazole rings is 1. The number of hydrogen-bond donors (Lipinski definition) is 1. The average Bonchev–Trinajstić information content (AvgIpc) is 3.20. The Morgan fingerprint density at radius 2 is 1.53 bits per heavy atom. The van der Waals surface area contributed by atoms with Gasteiger partial charge < -0.3 is 15.5 Å². The standard InChI is InChI=1S/C23H25N7/c1-16-6-5-9-19(17(16)2)28-10-12-29(13-11-28)22-21(24)23(26-14-25-22)30-15-27-18-7-3-4-8-20(18)30/h3-9,14-15H,10-13,24H2,1-2H3. The van der Waals surface area contributed by atoms with Crippen LogP contribution in [-0.2, 0) is 0 Å². The van der Waals surface area contributed by atoms with E-state index < -0.39 is 0 Å². The Morgan fingerprint density at radius 3 is 2.37 bits per heavy atom. The van der Waals surface area contributed by atoms with E-state index >= 15 is 0 Å². The summed E-state index contributed by atoms with van der Waals surface area (Å²) in [5.74, 6) is 1.46. The van der Waals surface area contributed by atoms with Crippen molar-refractivity contribution in [2.75, 3.05) is 41.7 Å². The van der Waals surface area contributed by atoms with E-state index in [1.807, 2.05) is 28.8 Å². The van der Waals surface area contributed by atoms with E-state index in [1.54, 1.807) is 12.7 Å². The predicted octanol–water partition coefficient (Wildman–Crippen LogP) is 3.34. The number of rotatable bonds is 3. The summed E-state index contributed by atoms with van der Waals surface area (Å²) in [4.78, 5) is 18.1. The van der Waals surface area contributed by atoms with Gasteiger partial charge in [-0.15, -0.1) is 0 Å². The van der Waals surface area contributed by atoms with Crippen LogP contribution < -0.4 is 15.5 Å². The first kappa shape index (κ1) is 18.4. The third-order valence-electron chi connectivity index (χ3n) is 6.02. The number of nitrogen functional groups attached to an aromatic ring is 1. The van der Waals surface area contributed by atoms with Crippen molar-refractivity contribution in [1.82, 2.24) is 19.5 Å². The minimum atomic E-state index is 0.584.